The van der Waals surface area contributed by atoms with E-state index in [2.05, 4.69) is 4.18 Å². The van der Waals surface area contributed by atoms with Crippen LogP contribution >= 0.6 is 0 Å². The van der Waals surface area contributed by atoms with Gasteiger partial charge in [-0.1, -0.05) is 0 Å². The highest BCUT2D eigenvalue weighted by atomic mass is 32.2. The Morgan fingerprint density at radius 1 is 1.47 bits per heavy atom. The van der Waals surface area contributed by atoms with E-state index < -0.39 is 22.1 Å². The molecule has 4 nitrogen and oxygen atoms in total. The third kappa shape index (κ3) is 3.08. The van der Waals surface area contributed by atoms with Crippen molar-refractivity contribution >= 4 is 11.1 Å². The molecule has 0 aliphatic rings. The Morgan fingerprint density at radius 2 is 2.07 bits per heavy atom. The monoisotopic (exact) mass is 241 g/mol. The zero-order valence-corrected chi connectivity index (χ0v) is 8.26. The van der Waals surface area contributed by atoms with Gasteiger partial charge >= 0.3 is 16.6 Å². The van der Waals surface area contributed by atoms with Gasteiger partial charge in [-0.25, -0.2) is 4.21 Å². The fourth-order valence-electron chi connectivity index (χ4n) is 0.717. The minimum atomic E-state index is -4.96. The fraction of sp³-hybridized carbons (Fsp3) is 0.286. The van der Waals surface area contributed by atoms with Crippen LogP contribution in [0.4, 0.5) is 13.2 Å². The molecule has 1 unspecified atom stereocenters. The van der Waals surface area contributed by atoms with Gasteiger partial charge in [-0.05, 0) is 6.07 Å². The first kappa shape index (κ1) is 11.8. The largest absolute Gasteiger partial charge is 0.508 e. The van der Waals surface area contributed by atoms with Crippen LogP contribution in [-0.4, -0.2) is 14.3 Å². The van der Waals surface area contributed by atoms with E-state index in [1.165, 1.54) is 13.2 Å². The molecule has 8 heteroatoms. The predicted octanol–water partition coefficient (Wildman–Crippen LogP) is 0.948. The lowest BCUT2D eigenvalue weighted by Gasteiger charge is -2.07. The Kier molecular flexibility index (Phi) is 3.18. The van der Waals surface area contributed by atoms with Crippen molar-refractivity contribution in [1.29, 1.82) is 0 Å². The lowest BCUT2D eigenvalue weighted by Crippen LogP contribution is -2.22. The first-order valence-electron chi connectivity index (χ1n) is 3.64. The van der Waals surface area contributed by atoms with Gasteiger partial charge in [-0.15, -0.1) is 0 Å². The number of rotatable bonds is 2. The molecule has 1 aromatic heterocycles. The smallest absolute Gasteiger partial charge is 0.394 e. The normalized spacial score (nSPS) is 13.6. The van der Waals surface area contributed by atoms with Gasteiger partial charge in [-0.3, -0.25) is 4.79 Å². The van der Waals surface area contributed by atoms with E-state index in [0.29, 0.717) is 0 Å². The molecule has 0 bridgehead atoms. The summed E-state index contributed by atoms with van der Waals surface area (Å²) in [5, 5.41) is 0. The number of aryl methyl sites for hydroxylation is 1. The lowest BCUT2D eigenvalue weighted by atomic mass is 10.4. The minimum absolute atomic E-state index is 0.381. The minimum Gasteiger partial charge on any atom is -0.394 e. The summed E-state index contributed by atoms with van der Waals surface area (Å²) < 4.78 is 51.1. The van der Waals surface area contributed by atoms with E-state index in [-0.39, 0.29) is 5.75 Å². The van der Waals surface area contributed by atoms with Crippen molar-refractivity contribution in [2.45, 2.75) is 5.51 Å². The van der Waals surface area contributed by atoms with Crippen LogP contribution in [0.15, 0.2) is 23.1 Å². The summed E-state index contributed by atoms with van der Waals surface area (Å²) in [5.74, 6) is -0.381. The van der Waals surface area contributed by atoms with Crippen LogP contribution in [0, 0.1) is 0 Å². The third-order valence-electron chi connectivity index (χ3n) is 1.44. The molecule has 0 spiro atoms. The average molecular weight is 241 g/mol. The molecule has 0 aliphatic carbocycles. The second kappa shape index (κ2) is 4.05. The fourth-order valence-corrected chi connectivity index (χ4v) is 1.09. The lowest BCUT2D eigenvalue weighted by molar-refractivity contribution is -0.0437. The van der Waals surface area contributed by atoms with Crippen molar-refractivity contribution in [3.8, 4) is 5.75 Å². The maximum absolute atomic E-state index is 11.8. The van der Waals surface area contributed by atoms with Gasteiger partial charge in [-0.2, -0.15) is 13.2 Å². The molecule has 0 aromatic carbocycles. The standard InChI is InChI=1S/C7H6F3NO3S/c1-11-3-2-5(4-6(11)12)14-15(13)7(8,9)10/h2-4H,1H3. The van der Waals surface area contributed by atoms with Crippen molar-refractivity contribution in [2.24, 2.45) is 7.05 Å². The second-order valence-electron chi connectivity index (χ2n) is 2.58. The molecule has 0 radical (unpaired) electrons. The van der Waals surface area contributed by atoms with Crippen molar-refractivity contribution in [2.75, 3.05) is 0 Å². The number of aromatic nitrogens is 1. The maximum atomic E-state index is 11.8. The summed E-state index contributed by atoms with van der Waals surface area (Å²) in [6.07, 6.45) is 1.21. The number of hydrogen-bond acceptors (Lipinski definition) is 3. The predicted molar refractivity (Wildman–Crippen MR) is 46.5 cm³/mol. The van der Waals surface area contributed by atoms with Gasteiger partial charge in [0.15, 0.2) is 0 Å². The molecule has 0 aliphatic heterocycles. The zero-order chi connectivity index (χ0) is 11.6. The van der Waals surface area contributed by atoms with Crippen LogP contribution < -0.4 is 9.74 Å². The molecule has 1 heterocycles. The molecule has 0 N–H and O–H groups in total. The highest BCUT2D eigenvalue weighted by molar-refractivity contribution is 7.81. The van der Waals surface area contributed by atoms with Crippen LogP contribution in [0.1, 0.15) is 0 Å². The summed E-state index contributed by atoms with van der Waals surface area (Å²) in [4.78, 5) is 11.0. The molecular formula is C7H6F3NO3S. The summed E-state index contributed by atoms with van der Waals surface area (Å²) in [5.41, 5.74) is -5.51. The van der Waals surface area contributed by atoms with Gasteiger partial charge in [0.2, 0.25) is 0 Å². The number of alkyl halides is 3. The average Bonchev–Trinajstić information content (AvgIpc) is 2.10. The van der Waals surface area contributed by atoms with E-state index in [1.54, 1.807) is 0 Å². The Hall–Kier alpha value is -1.31. The Labute approximate surface area is 84.9 Å². The first-order valence-corrected chi connectivity index (χ1v) is 4.72. The molecule has 1 aromatic rings. The summed E-state index contributed by atoms with van der Waals surface area (Å²) in [6, 6.07) is 1.94. The summed E-state index contributed by atoms with van der Waals surface area (Å²) in [6.45, 7) is 0. The highest BCUT2D eigenvalue weighted by Gasteiger charge is 2.40. The van der Waals surface area contributed by atoms with Crippen LogP contribution in [0.2, 0.25) is 0 Å². The van der Waals surface area contributed by atoms with Crippen LogP contribution in [0.3, 0.4) is 0 Å². The Morgan fingerprint density at radius 3 is 2.53 bits per heavy atom. The van der Waals surface area contributed by atoms with E-state index in [9.17, 15) is 22.2 Å². The molecule has 84 valence electrons. The molecule has 1 atom stereocenters. The molecule has 1 rings (SSSR count). The van der Waals surface area contributed by atoms with Crippen LogP contribution in [0.25, 0.3) is 0 Å². The number of pyridine rings is 1. The van der Waals surface area contributed by atoms with Gasteiger partial charge in [0, 0.05) is 19.3 Å². The SMILES string of the molecule is Cn1ccc(OS(=O)C(F)(F)F)cc1=O. The second-order valence-corrected chi connectivity index (χ2v) is 3.67. The third-order valence-corrected chi connectivity index (χ3v) is 2.16. The molecule has 0 fully saturated rings. The molecular weight excluding hydrogens is 235 g/mol. The van der Waals surface area contributed by atoms with Gasteiger partial charge in [0.25, 0.3) is 5.56 Å². The first-order chi connectivity index (χ1) is 6.80. The van der Waals surface area contributed by atoms with Crippen molar-refractivity contribution < 1.29 is 21.6 Å². The topological polar surface area (TPSA) is 48.3 Å². The van der Waals surface area contributed by atoms with E-state index >= 15 is 0 Å². The van der Waals surface area contributed by atoms with Crippen molar-refractivity contribution in [3.05, 3.63) is 28.7 Å². The van der Waals surface area contributed by atoms with Gasteiger partial charge < -0.3 is 8.75 Å². The molecule has 15 heavy (non-hydrogen) atoms. The molecule has 0 saturated heterocycles. The van der Waals surface area contributed by atoms with Crippen LogP contribution in [0.5, 0.6) is 5.75 Å². The Bertz CT molecular complexity index is 440. The summed E-state index contributed by atoms with van der Waals surface area (Å²) in [7, 11) is 1.42. The number of halogens is 3. The zero-order valence-electron chi connectivity index (χ0n) is 7.45. The van der Waals surface area contributed by atoms with Gasteiger partial charge in [0.1, 0.15) is 5.75 Å². The Balaban J connectivity index is 2.87. The highest BCUT2D eigenvalue weighted by Crippen LogP contribution is 2.22. The van der Waals surface area contributed by atoms with E-state index in [4.69, 9.17) is 0 Å². The maximum Gasteiger partial charge on any atom is 0.508 e. The van der Waals surface area contributed by atoms with Crippen molar-refractivity contribution in [1.82, 2.24) is 4.57 Å². The van der Waals surface area contributed by atoms with E-state index in [1.807, 2.05) is 0 Å². The molecule has 0 saturated carbocycles. The van der Waals surface area contributed by atoms with Gasteiger partial charge in [0.05, 0.1) is 0 Å². The summed E-state index contributed by atoms with van der Waals surface area (Å²) >= 11 is -3.45. The van der Waals surface area contributed by atoms with E-state index in [0.717, 1.165) is 16.7 Å². The van der Waals surface area contributed by atoms with Crippen molar-refractivity contribution in [3.63, 3.8) is 0 Å². The quantitative estimate of drug-likeness (QED) is 0.774. The number of nitrogens with zero attached hydrogens (tertiary/aromatic N) is 1. The van der Waals surface area contributed by atoms with Crippen LogP contribution in [-0.2, 0) is 18.1 Å². The molecule has 0 amide bonds. The number of hydrogen-bond donors (Lipinski definition) is 0.